The minimum atomic E-state index is -0.390. The molecule has 1 spiro atoms. The van der Waals surface area contributed by atoms with Crippen molar-refractivity contribution in [3.8, 4) is 0 Å². The average Bonchev–Trinajstić information content (AvgIpc) is 2.73. The maximum atomic E-state index is 13.2. The van der Waals surface area contributed by atoms with Crippen LogP contribution in [-0.2, 0) is 23.8 Å². The van der Waals surface area contributed by atoms with Crippen LogP contribution in [0.2, 0.25) is 0 Å². The Balaban J connectivity index is 0.979. The lowest BCUT2D eigenvalue weighted by molar-refractivity contribution is -0.376. The van der Waals surface area contributed by atoms with Gasteiger partial charge in [-0.2, -0.15) is 0 Å². The number of carbonyl (C=O) groups is 2. The van der Waals surface area contributed by atoms with Gasteiger partial charge in [-0.3, -0.25) is 9.59 Å². The molecule has 170 valence electrons. The number of ketones is 1. The van der Waals surface area contributed by atoms with Crippen LogP contribution < -0.4 is 0 Å². The molecular weight excluding hydrogens is 392 g/mol. The van der Waals surface area contributed by atoms with Gasteiger partial charge in [0.05, 0.1) is 25.2 Å². The Morgan fingerprint density at radius 3 is 2.13 bits per heavy atom. The van der Waals surface area contributed by atoms with Crippen molar-refractivity contribution in [2.75, 3.05) is 19.8 Å². The summed E-state index contributed by atoms with van der Waals surface area (Å²) in [6.07, 6.45) is 10.8. The fraction of sp³-hybridized carbons (Fsp3) is 0.923. The summed E-state index contributed by atoms with van der Waals surface area (Å²) in [5.41, 5.74) is 0.110. The van der Waals surface area contributed by atoms with Crippen LogP contribution in [0.15, 0.2) is 0 Å². The molecule has 0 aromatic rings. The first kappa shape index (κ1) is 19.5. The molecule has 0 amide bonds. The van der Waals surface area contributed by atoms with E-state index in [1.807, 2.05) is 0 Å². The SMILES string of the molecule is CC12CC3CC(C1)C1(OCC(COC(=O)C45CC6CC(C4)C(=O)C(C6)C5)CO1)C(C3)C2. The summed E-state index contributed by atoms with van der Waals surface area (Å²) in [5.74, 6) is 2.83. The van der Waals surface area contributed by atoms with Crippen molar-refractivity contribution in [3.05, 3.63) is 0 Å². The minimum Gasteiger partial charge on any atom is -0.465 e. The minimum absolute atomic E-state index is 0.0535. The maximum Gasteiger partial charge on any atom is 0.312 e. The van der Waals surface area contributed by atoms with Crippen LogP contribution in [0.5, 0.6) is 0 Å². The molecule has 0 radical (unpaired) electrons. The van der Waals surface area contributed by atoms with Crippen molar-refractivity contribution in [1.29, 1.82) is 0 Å². The lowest BCUT2D eigenvalue weighted by Crippen LogP contribution is -2.65. The topological polar surface area (TPSA) is 61.8 Å². The Kier molecular flexibility index (Phi) is 3.99. The summed E-state index contributed by atoms with van der Waals surface area (Å²) in [4.78, 5) is 25.6. The number of rotatable bonds is 3. The molecule has 9 fully saturated rings. The van der Waals surface area contributed by atoms with Gasteiger partial charge in [-0.25, -0.2) is 0 Å². The predicted octanol–water partition coefficient (Wildman–Crippen LogP) is 4.13. The third-order valence-corrected chi connectivity index (χ3v) is 10.6. The van der Waals surface area contributed by atoms with Crippen LogP contribution in [0.4, 0.5) is 0 Å². The van der Waals surface area contributed by atoms with Gasteiger partial charge in [0.15, 0.2) is 5.79 Å². The van der Waals surface area contributed by atoms with Gasteiger partial charge >= 0.3 is 5.97 Å². The molecule has 5 heteroatoms. The number of hydrogen-bond acceptors (Lipinski definition) is 5. The van der Waals surface area contributed by atoms with E-state index < -0.39 is 0 Å². The smallest absolute Gasteiger partial charge is 0.312 e. The molecule has 0 N–H and O–H groups in total. The van der Waals surface area contributed by atoms with E-state index in [4.69, 9.17) is 14.2 Å². The molecule has 8 bridgehead atoms. The highest BCUT2D eigenvalue weighted by Gasteiger charge is 2.64. The number of ether oxygens (including phenoxy) is 3. The van der Waals surface area contributed by atoms with Crippen LogP contribution in [-0.4, -0.2) is 37.4 Å². The van der Waals surface area contributed by atoms with Gasteiger partial charge in [-0.15, -0.1) is 0 Å². The third kappa shape index (κ3) is 2.74. The standard InChI is InChI=1S/C26H36O5/c1-24-6-16-4-20(10-24)26(21(5-16)11-24)30-13-17(14-31-26)12-29-23(28)25-7-15-2-18(8-25)22(27)19(3-15)9-25/h15-21H,2-14H2,1H3. The van der Waals surface area contributed by atoms with Gasteiger partial charge < -0.3 is 14.2 Å². The monoisotopic (exact) mass is 428 g/mol. The van der Waals surface area contributed by atoms with E-state index in [1.54, 1.807) is 0 Å². The van der Waals surface area contributed by atoms with Gasteiger partial charge in [0.1, 0.15) is 5.78 Å². The van der Waals surface area contributed by atoms with Gasteiger partial charge in [0, 0.05) is 29.6 Å². The van der Waals surface area contributed by atoms with E-state index in [0.29, 0.717) is 48.8 Å². The summed E-state index contributed by atoms with van der Waals surface area (Å²) in [6, 6.07) is 0. The number of hydrogen-bond donors (Lipinski definition) is 0. The zero-order chi connectivity index (χ0) is 21.0. The van der Waals surface area contributed by atoms with Crippen molar-refractivity contribution in [2.45, 2.75) is 76.9 Å². The highest BCUT2D eigenvalue weighted by molar-refractivity contribution is 5.89. The Morgan fingerprint density at radius 1 is 0.903 bits per heavy atom. The number of carbonyl (C=O) groups excluding carboxylic acids is 2. The van der Waals surface area contributed by atoms with Gasteiger partial charge in [0.25, 0.3) is 0 Å². The molecule has 4 unspecified atom stereocenters. The zero-order valence-electron chi connectivity index (χ0n) is 18.8. The Labute approximate surface area is 184 Å². The van der Waals surface area contributed by atoms with Crippen LogP contribution in [0.3, 0.4) is 0 Å². The summed E-state index contributed by atoms with van der Waals surface area (Å²) >= 11 is 0. The molecule has 8 saturated carbocycles. The molecule has 8 aliphatic carbocycles. The molecule has 31 heavy (non-hydrogen) atoms. The molecule has 5 nitrogen and oxygen atoms in total. The van der Waals surface area contributed by atoms with Crippen LogP contribution >= 0.6 is 0 Å². The first-order chi connectivity index (χ1) is 14.9. The highest BCUT2D eigenvalue weighted by Crippen LogP contribution is 2.65. The van der Waals surface area contributed by atoms with E-state index in [2.05, 4.69) is 6.92 Å². The molecule has 1 saturated heterocycles. The van der Waals surface area contributed by atoms with Crippen molar-refractivity contribution >= 4 is 11.8 Å². The van der Waals surface area contributed by atoms with Crippen LogP contribution in [0, 0.1) is 52.3 Å². The quantitative estimate of drug-likeness (QED) is 0.633. The zero-order valence-corrected chi connectivity index (χ0v) is 18.8. The summed E-state index contributed by atoms with van der Waals surface area (Å²) in [5, 5.41) is 0. The normalized spacial score (nSPS) is 56.4. The van der Waals surface area contributed by atoms with E-state index in [0.717, 1.165) is 38.0 Å². The van der Waals surface area contributed by atoms with E-state index in [1.165, 1.54) is 32.1 Å². The second-order valence-electron chi connectivity index (χ2n) is 13.0. The number of Topliss-reactive ketones (excluding diaryl/α,β-unsaturated/α-hetero) is 1. The Hall–Kier alpha value is -0.940. The van der Waals surface area contributed by atoms with E-state index >= 15 is 0 Å². The van der Waals surface area contributed by atoms with Crippen LogP contribution in [0.25, 0.3) is 0 Å². The summed E-state index contributed by atoms with van der Waals surface area (Å²) < 4.78 is 19.0. The van der Waals surface area contributed by atoms with Crippen LogP contribution in [0.1, 0.15) is 71.1 Å². The average molecular weight is 429 g/mol. The van der Waals surface area contributed by atoms with Gasteiger partial charge in [-0.05, 0) is 81.5 Å². The van der Waals surface area contributed by atoms with Gasteiger partial charge in [-0.1, -0.05) is 6.92 Å². The van der Waals surface area contributed by atoms with Crippen molar-refractivity contribution in [1.82, 2.24) is 0 Å². The fourth-order valence-electron chi connectivity index (χ4n) is 9.81. The molecule has 1 aliphatic heterocycles. The molecule has 9 rings (SSSR count). The molecule has 1 heterocycles. The number of esters is 1. The molecule has 0 aromatic heterocycles. The molecule has 4 atom stereocenters. The highest BCUT2D eigenvalue weighted by atomic mass is 16.7. The Morgan fingerprint density at radius 2 is 1.52 bits per heavy atom. The first-order valence-corrected chi connectivity index (χ1v) is 12.9. The van der Waals surface area contributed by atoms with Crippen molar-refractivity contribution in [3.63, 3.8) is 0 Å². The summed E-state index contributed by atoms with van der Waals surface area (Å²) in [7, 11) is 0. The van der Waals surface area contributed by atoms with Crippen molar-refractivity contribution < 1.29 is 23.8 Å². The first-order valence-electron chi connectivity index (χ1n) is 12.9. The van der Waals surface area contributed by atoms with E-state index in [9.17, 15) is 9.59 Å². The fourth-order valence-corrected chi connectivity index (χ4v) is 9.81. The largest absolute Gasteiger partial charge is 0.465 e. The summed E-state index contributed by atoms with van der Waals surface area (Å²) in [6.45, 7) is 4.14. The molecular formula is C26H36O5. The predicted molar refractivity (Wildman–Crippen MR) is 112 cm³/mol. The molecule has 0 aromatic carbocycles. The molecule has 9 aliphatic rings. The van der Waals surface area contributed by atoms with Gasteiger partial charge in [0.2, 0.25) is 0 Å². The maximum absolute atomic E-state index is 13.2. The van der Waals surface area contributed by atoms with Crippen molar-refractivity contribution in [2.24, 2.45) is 52.3 Å². The lowest BCUT2D eigenvalue weighted by Gasteiger charge is -2.64. The second-order valence-corrected chi connectivity index (χ2v) is 13.0. The third-order valence-electron chi connectivity index (χ3n) is 10.6. The second kappa shape index (κ2) is 6.34. The van der Waals surface area contributed by atoms with E-state index in [-0.39, 0.29) is 34.9 Å². The Bertz CT molecular complexity index is 775. The lowest BCUT2D eigenvalue weighted by atomic mass is 9.47.